The quantitative estimate of drug-likeness (QED) is 0.185. The Hall–Kier alpha value is -6.85. The van der Waals surface area contributed by atoms with E-state index in [2.05, 4.69) is 91.9 Å². The fraction of sp³-hybridized carbons (Fsp3) is 0.0217. The van der Waals surface area contributed by atoms with Crippen molar-refractivity contribution >= 4 is 43.9 Å². The third-order valence-corrected chi connectivity index (χ3v) is 9.68. The van der Waals surface area contributed by atoms with Crippen LogP contribution in [-0.4, -0.2) is 15.0 Å². The summed E-state index contributed by atoms with van der Waals surface area (Å²) in [4.78, 5) is 15.5. The molecule has 0 saturated carbocycles. The van der Waals surface area contributed by atoms with E-state index in [-0.39, 0.29) is 0 Å². The highest BCUT2D eigenvalue weighted by atomic mass is 16.3. The van der Waals surface area contributed by atoms with Gasteiger partial charge >= 0.3 is 0 Å². The number of hydrogen-bond acceptors (Lipinski definition) is 5. The molecule has 3 heterocycles. The predicted molar refractivity (Wildman–Crippen MR) is 206 cm³/mol. The zero-order valence-electron chi connectivity index (χ0n) is 27.7. The van der Waals surface area contributed by atoms with Gasteiger partial charge in [-0.25, -0.2) is 15.0 Å². The summed E-state index contributed by atoms with van der Waals surface area (Å²) in [7, 11) is 0. The van der Waals surface area contributed by atoms with Gasteiger partial charge in [0.25, 0.3) is 0 Å². The lowest BCUT2D eigenvalue weighted by molar-refractivity contribution is 0.662. The van der Waals surface area contributed by atoms with Gasteiger partial charge in [-0.1, -0.05) is 121 Å². The van der Waals surface area contributed by atoms with Crippen LogP contribution >= 0.6 is 0 Å². The van der Waals surface area contributed by atoms with Crippen LogP contribution in [0.25, 0.3) is 100 Å². The molecule has 3 aromatic heterocycles. The SMILES string of the molecule is Cc1c2oc3cccc(-c4nc(-c5ccccc5)nc(-c5cc(-c6ccccc6)cc(-c6ccccc6)c5)n4)c3c2cc2oc3ccccc3c12. The molecule has 10 aromatic rings. The summed E-state index contributed by atoms with van der Waals surface area (Å²) in [6.45, 7) is 2.10. The van der Waals surface area contributed by atoms with Crippen LogP contribution in [0, 0.1) is 6.92 Å². The molecule has 240 valence electrons. The first-order valence-electron chi connectivity index (χ1n) is 17.0. The minimum atomic E-state index is 0.570. The van der Waals surface area contributed by atoms with Crippen LogP contribution in [-0.2, 0) is 0 Å². The molecule has 10 rings (SSSR count). The third kappa shape index (κ3) is 4.90. The van der Waals surface area contributed by atoms with Gasteiger partial charge in [0.1, 0.15) is 22.3 Å². The number of fused-ring (bicyclic) bond motifs is 6. The molecule has 0 radical (unpaired) electrons. The van der Waals surface area contributed by atoms with Crippen LogP contribution in [0.4, 0.5) is 0 Å². The van der Waals surface area contributed by atoms with Crippen molar-refractivity contribution in [3.8, 4) is 56.4 Å². The van der Waals surface area contributed by atoms with Gasteiger partial charge in [0.15, 0.2) is 17.5 Å². The standard InChI is InChI=1S/C46H29N3O2/c1-28-41-35-20-11-12-22-38(35)50-40(41)27-37-42-36(21-13-23-39(42)51-43(28)37)46-48-44(31-18-9-4-10-19-31)47-45(49-46)34-25-32(29-14-5-2-6-15-29)24-33(26-34)30-16-7-3-8-17-30/h2-27H,1H3. The van der Waals surface area contributed by atoms with Crippen molar-refractivity contribution in [1.29, 1.82) is 0 Å². The molecule has 0 atom stereocenters. The van der Waals surface area contributed by atoms with E-state index in [1.54, 1.807) is 0 Å². The number of rotatable bonds is 5. The largest absolute Gasteiger partial charge is 0.456 e. The predicted octanol–water partition coefficient (Wildman–Crippen LogP) is 12.3. The van der Waals surface area contributed by atoms with Crippen molar-refractivity contribution in [1.82, 2.24) is 15.0 Å². The van der Waals surface area contributed by atoms with Gasteiger partial charge in [-0.15, -0.1) is 0 Å². The highest BCUT2D eigenvalue weighted by molar-refractivity contribution is 6.19. The Morgan fingerprint density at radius 2 is 0.922 bits per heavy atom. The minimum absolute atomic E-state index is 0.570. The zero-order valence-corrected chi connectivity index (χ0v) is 27.7. The third-order valence-electron chi connectivity index (χ3n) is 9.68. The topological polar surface area (TPSA) is 65.0 Å². The molecule has 0 bridgehead atoms. The number of aryl methyl sites for hydroxylation is 1. The molecular weight excluding hydrogens is 627 g/mol. The second-order valence-corrected chi connectivity index (χ2v) is 12.8. The summed E-state index contributed by atoms with van der Waals surface area (Å²) in [6, 6.07) is 53.9. The van der Waals surface area contributed by atoms with Gasteiger partial charge in [0, 0.05) is 43.8 Å². The van der Waals surface area contributed by atoms with Crippen LogP contribution < -0.4 is 0 Å². The Balaban J connectivity index is 1.24. The summed E-state index contributed by atoms with van der Waals surface area (Å²) in [6.07, 6.45) is 0. The molecule has 5 nitrogen and oxygen atoms in total. The van der Waals surface area contributed by atoms with E-state index < -0.39 is 0 Å². The molecule has 5 heteroatoms. The van der Waals surface area contributed by atoms with E-state index in [1.165, 1.54) is 0 Å². The maximum atomic E-state index is 6.62. The summed E-state index contributed by atoms with van der Waals surface area (Å²) in [5.74, 6) is 1.76. The summed E-state index contributed by atoms with van der Waals surface area (Å²) in [5, 5.41) is 4.05. The van der Waals surface area contributed by atoms with E-state index in [0.717, 1.165) is 88.4 Å². The maximum absolute atomic E-state index is 6.62. The number of benzene rings is 7. The average molecular weight is 656 g/mol. The van der Waals surface area contributed by atoms with Crippen molar-refractivity contribution in [2.45, 2.75) is 6.92 Å². The molecule has 0 fully saturated rings. The molecular formula is C46H29N3O2. The van der Waals surface area contributed by atoms with E-state index in [1.807, 2.05) is 72.8 Å². The number of para-hydroxylation sites is 1. The van der Waals surface area contributed by atoms with E-state index in [9.17, 15) is 0 Å². The first-order chi connectivity index (χ1) is 25.2. The Labute approximate surface area is 293 Å². The van der Waals surface area contributed by atoms with Crippen LogP contribution in [0.2, 0.25) is 0 Å². The summed E-state index contributed by atoms with van der Waals surface area (Å²) < 4.78 is 13.0. The van der Waals surface area contributed by atoms with Gasteiger partial charge in [-0.2, -0.15) is 0 Å². The molecule has 0 aliphatic carbocycles. The van der Waals surface area contributed by atoms with Gasteiger partial charge in [0.05, 0.1) is 0 Å². The Morgan fingerprint density at radius 3 is 1.61 bits per heavy atom. The molecule has 51 heavy (non-hydrogen) atoms. The number of furan rings is 2. The highest BCUT2D eigenvalue weighted by Crippen LogP contribution is 2.43. The van der Waals surface area contributed by atoms with Crippen molar-refractivity contribution in [3.63, 3.8) is 0 Å². The van der Waals surface area contributed by atoms with Gasteiger partial charge < -0.3 is 8.83 Å². The normalized spacial score (nSPS) is 11.6. The first kappa shape index (κ1) is 29.1. The van der Waals surface area contributed by atoms with E-state index >= 15 is 0 Å². The molecule has 0 unspecified atom stereocenters. The second-order valence-electron chi connectivity index (χ2n) is 12.8. The lowest BCUT2D eigenvalue weighted by Gasteiger charge is -2.13. The Kier molecular flexibility index (Phi) is 6.64. The van der Waals surface area contributed by atoms with Gasteiger partial charge in [-0.3, -0.25) is 0 Å². The van der Waals surface area contributed by atoms with Crippen molar-refractivity contribution in [3.05, 3.63) is 163 Å². The van der Waals surface area contributed by atoms with Gasteiger partial charge in [-0.05, 0) is 65.6 Å². The fourth-order valence-corrected chi connectivity index (χ4v) is 7.27. The zero-order chi connectivity index (χ0) is 33.9. The van der Waals surface area contributed by atoms with Crippen molar-refractivity contribution in [2.75, 3.05) is 0 Å². The molecule has 0 N–H and O–H groups in total. The Morgan fingerprint density at radius 1 is 0.373 bits per heavy atom. The molecule has 0 amide bonds. The second kappa shape index (κ2) is 11.6. The van der Waals surface area contributed by atoms with E-state index in [0.29, 0.717) is 17.5 Å². The molecule has 0 saturated heterocycles. The maximum Gasteiger partial charge on any atom is 0.164 e. The molecule has 7 aromatic carbocycles. The first-order valence-corrected chi connectivity index (χ1v) is 17.0. The average Bonchev–Trinajstić information content (AvgIpc) is 3.77. The molecule has 0 aliphatic rings. The van der Waals surface area contributed by atoms with Crippen LogP contribution in [0.5, 0.6) is 0 Å². The van der Waals surface area contributed by atoms with Gasteiger partial charge in [0.2, 0.25) is 0 Å². The molecule has 0 spiro atoms. The van der Waals surface area contributed by atoms with Crippen molar-refractivity contribution in [2.24, 2.45) is 0 Å². The highest BCUT2D eigenvalue weighted by Gasteiger charge is 2.22. The monoisotopic (exact) mass is 655 g/mol. The number of nitrogens with zero attached hydrogens (tertiary/aromatic N) is 3. The lowest BCUT2D eigenvalue weighted by Crippen LogP contribution is -2.01. The van der Waals surface area contributed by atoms with E-state index in [4.69, 9.17) is 23.8 Å². The smallest absolute Gasteiger partial charge is 0.164 e. The fourth-order valence-electron chi connectivity index (χ4n) is 7.27. The lowest BCUT2D eigenvalue weighted by atomic mass is 9.96. The Bertz CT molecular complexity index is 2850. The summed E-state index contributed by atoms with van der Waals surface area (Å²) >= 11 is 0. The van der Waals surface area contributed by atoms with Crippen LogP contribution in [0.3, 0.4) is 0 Å². The number of aromatic nitrogens is 3. The van der Waals surface area contributed by atoms with Crippen molar-refractivity contribution < 1.29 is 8.83 Å². The minimum Gasteiger partial charge on any atom is -0.456 e. The number of hydrogen-bond donors (Lipinski definition) is 0. The summed E-state index contributed by atoms with van der Waals surface area (Å²) in [5.41, 5.74) is 11.4. The molecule has 0 aliphatic heterocycles. The van der Waals surface area contributed by atoms with Crippen LogP contribution in [0.15, 0.2) is 167 Å². The van der Waals surface area contributed by atoms with Crippen LogP contribution in [0.1, 0.15) is 5.56 Å².